The van der Waals surface area contributed by atoms with E-state index in [2.05, 4.69) is 5.32 Å². The highest BCUT2D eigenvalue weighted by molar-refractivity contribution is 7.92. The van der Waals surface area contributed by atoms with Crippen LogP contribution in [0.3, 0.4) is 0 Å². The van der Waals surface area contributed by atoms with Gasteiger partial charge < -0.3 is 10.1 Å². The second-order valence-corrected chi connectivity index (χ2v) is 8.42. The molecule has 0 unspecified atom stereocenters. The quantitative estimate of drug-likeness (QED) is 0.583. The summed E-state index contributed by atoms with van der Waals surface area (Å²) in [5.41, 5.74) is 0.830. The van der Waals surface area contributed by atoms with Crippen LogP contribution in [0, 0.1) is 0 Å². The fourth-order valence-corrected chi connectivity index (χ4v) is 4.41. The molecule has 3 aromatic carbocycles. The standard InChI is InChI=1S/C22H22N2O5S/c1-3-29-22(26)15-24(20-11-8-17-6-4-5-7-18(17)14-20)30(27,28)21-12-9-19(10-13-21)23-16(2)25/h4-14H,3,15H2,1-2H3,(H,23,25). The molecule has 0 saturated carbocycles. The van der Waals surface area contributed by atoms with E-state index in [0.717, 1.165) is 15.1 Å². The van der Waals surface area contributed by atoms with Crippen molar-refractivity contribution in [2.75, 3.05) is 22.8 Å². The Labute approximate surface area is 175 Å². The molecule has 0 aromatic heterocycles. The van der Waals surface area contributed by atoms with Crippen LogP contribution in [0.5, 0.6) is 0 Å². The van der Waals surface area contributed by atoms with Crippen molar-refractivity contribution < 1.29 is 22.7 Å². The third kappa shape index (κ3) is 4.77. The van der Waals surface area contributed by atoms with Crippen LogP contribution in [0.15, 0.2) is 71.6 Å². The van der Waals surface area contributed by atoms with Crippen LogP contribution in [0.1, 0.15) is 13.8 Å². The molecular formula is C22H22N2O5S. The zero-order valence-electron chi connectivity index (χ0n) is 16.7. The smallest absolute Gasteiger partial charge is 0.326 e. The Balaban J connectivity index is 2.03. The molecule has 0 aliphatic rings. The van der Waals surface area contributed by atoms with E-state index in [9.17, 15) is 18.0 Å². The van der Waals surface area contributed by atoms with Gasteiger partial charge >= 0.3 is 5.97 Å². The lowest BCUT2D eigenvalue weighted by Crippen LogP contribution is -2.36. The van der Waals surface area contributed by atoms with E-state index in [-0.39, 0.29) is 17.4 Å². The number of nitrogens with one attached hydrogen (secondary N) is 1. The van der Waals surface area contributed by atoms with E-state index in [4.69, 9.17) is 4.74 Å². The molecule has 3 aromatic rings. The van der Waals surface area contributed by atoms with Crippen molar-refractivity contribution in [3.05, 3.63) is 66.7 Å². The van der Waals surface area contributed by atoms with Gasteiger partial charge in [-0.3, -0.25) is 13.9 Å². The second-order valence-electron chi connectivity index (χ2n) is 6.55. The van der Waals surface area contributed by atoms with Gasteiger partial charge in [0.05, 0.1) is 17.2 Å². The Morgan fingerprint density at radius 2 is 1.63 bits per heavy atom. The van der Waals surface area contributed by atoms with Crippen molar-refractivity contribution in [3.63, 3.8) is 0 Å². The molecule has 0 radical (unpaired) electrons. The van der Waals surface area contributed by atoms with Gasteiger partial charge in [-0.25, -0.2) is 8.42 Å². The van der Waals surface area contributed by atoms with Crippen LogP contribution in [0.4, 0.5) is 11.4 Å². The topological polar surface area (TPSA) is 92.8 Å². The van der Waals surface area contributed by atoms with Crippen molar-refractivity contribution in [1.29, 1.82) is 0 Å². The summed E-state index contributed by atoms with van der Waals surface area (Å²) >= 11 is 0. The summed E-state index contributed by atoms with van der Waals surface area (Å²) in [4.78, 5) is 23.4. The van der Waals surface area contributed by atoms with Crippen LogP contribution < -0.4 is 9.62 Å². The number of ether oxygens (including phenoxy) is 1. The number of esters is 1. The first-order chi connectivity index (χ1) is 14.3. The molecule has 0 saturated heterocycles. The number of sulfonamides is 1. The van der Waals surface area contributed by atoms with E-state index < -0.39 is 22.5 Å². The zero-order valence-corrected chi connectivity index (χ0v) is 17.5. The lowest BCUT2D eigenvalue weighted by Gasteiger charge is -2.24. The molecule has 0 bridgehead atoms. The predicted molar refractivity (Wildman–Crippen MR) is 116 cm³/mol. The molecule has 1 amide bonds. The van der Waals surface area contributed by atoms with Crippen LogP contribution >= 0.6 is 0 Å². The summed E-state index contributed by atoms with van der Waals surface area (Å²) in [6, 6.07) is 18.5. The average Bonchev–Trinajstić information content (AvgIpc) is 2.72. The van der Waals surface area contributed by atoms with Gasteiger partial charge in [-0.1, -0.05) is 30.3 Å². The van der Waals surface area contributed by atoms with Gasteiger partial charge in [-0.2, -0.15) is 0 Å². The van der Waals surface area contributed by atoms with Gasteiger partial charge in [0.25, 0.3) is 10.0 Å². The Kier molecular flexibility index (Phi) is 6.37. The second kappa shape index (κ2) is 8.96. The van der Waals surface area contributed by atoms with Crippen LogP contribution in [-0.2, 0) is 24.3 Å². The number of hydrogen-bond acceptors (Lipinski definition) is 5. The van der Waals surface area contributed by atoms with Crippen LogP contribution in [-0.4, -0.2) is 33.4 Å². The lowest BCUT2D eigenvalue weighted by atomic mass is 10.1. The SMILES string of the molecule is CCOC(=O)CN(c1ccc2ccccc2c1)S(=O)(=O)c1ccc(NC(C)=O)cc1. The van der Waals surface area contributed by atoms with Crippen LogP contribution in [0.25, 0.3) is 10.8 Å². The Morgan fingerprint density at radius 3 is 2.27 bits per heavy atom. The minimum absolute atomic E-state index is 0.00550. The maximum Gasteiger partial charge on any atom is 0.326 e. The van der Waals surface area contributed by atoms with Gasteiger partial charge in [0, 0.05) is 12.6 Å². The zero-order chi connectivity index (χ0) is 21.7. The molecule has 8 heteroatoms. The maximum atomic E-state index is 13.4. The molecule has 0 spiro atoms. The molecule has 0 heterocycles. The average molecular weight is 426 g/mol. The van der Waals surface area contributed by atoms with Gasteiger partial charge in [0.2, 0.25) is 5.91 Å². The van der Waals surface area contributed by atoms with E-state index >= 15 is 0 Å². The minimum atomic E-state index is -4.06. The van der Waals surface area contributed by atoms with Gasteiger partial charge in [-0.05, 0) is 54.1 Å². The number of fused-ring (bicyclic) bond motifs is 1. The number of carbonyl (C=O) groups excluding carboxylic acids is 2. The summed E-state index contributed by atoms with van der Waals surface area (Å²) < 4.78 is 32.8. The van der Waals surface area contributed by atoms with E-state index in [0.29, 0.717) is 11.4 Å². The fourth-order valence-electron chi connectivity index (χ4n) is 3.01. The molecule has 3 rings (SSSR count). The number of nitrogens with zero attached hydrogens (tertiary/aromatic N) is 1. The molecule has 1 N–H and O–H groups in total. The monoisotopic (exact) mass is 426 g/mol. The lowest BCUT2D eigenvalue weighted by molar-refractivity contribution is -0.141. The summed E-state index contributed by atoms with van der Waals surface area (Å²) in [6.45, 7) is 2.72. The Bertz CT molecular complexity index is 1170. The number of anilines is 2. The first kappa shape index (κ1) is 21.3. The molecule has 156 valence electrons. The fraction of sp³-hybridized carbons (Fsp3) is 0.182. The highest BCUT2D eigenvalue weighted by Crippen LogP contribution is 2.28. The summed E-state index contributed by atoms with van der Waals surface area (Å²) in [5.74, 6) is -0.908. The molecule has 0 fully saturated rings. The highest BCUT2D eigenvalue weighted by atomic mass is 32.2. The Hall–Kier alpha value is -3.39. The third-order valence-corrected chi connectivity index (χ3v) is 6.15. The largest absolute Gasteiger partial charge is 0.465 e. The highest BCUT2D eigenvalue weighted by Gasteiger charge is 2.28. The first-order valence-corrected chi connectivity index (χ1v) is 10.8. The normalized spacial score (nSPS) is 11.1. The Morgan fingerprint density at radius 1 is 0.967 bits per heavy atom. The minimum Gasteiger partial charge on any atom is -0.465 e. The number of benzene rings is 3. The predicted octanol–water partition coefficient (Wildman–Crippen LogP) is 3.56. The number of carbonyl (C=O) groups is 2. The van der Waals surface area contributed by atoms with Gasteiger partial charge in [-0.15, -0.1) is 0 Å². The summed E-state index contributed by atoms with van der Waals surface area (Å²) in [6.07, 6.45) is 0. The number of amides is 1. The third-order valence-electron chi connectivity index (χ3n) is 4.36. The van der Waals surface area contributed by atoms with E-state index in [1.165, 1.54) is 31.2 Å². The van der Waals surface area contributed by atoms with Gasteiger partial charge in [0.15, 0.2) is 0 Å². The molecular weight excluding hydrogens is 404 g/mol. The first-order valence-electron chi connectivity index (χ1n) is 9.36. The molecule has 0 aliphatic heterocycles. The van der Waals surface area contributed by atoms with Crippen molar-refractivity contribution in [1.82, 2.24) is 0 Å². The van der Waals surface area contributed by atoms with Crippen molar-refractivity contribution in [2.24, 2.45) is 0 Å². The number of rotatable bonds is 7. The molecule has 0 atom stereocenters. The summed E-state index contributed by atoms with van der Waals surface area (Å²) in [7, 11) is -4.06. The summed E-state index contributed by atoms with van der Waals surface area (Å²) in [5, 5.41) is 4.39. The van der Waals surface area contributed by atoms with Crippen molar-refractivity contribution in [3.8, 4) is 0 Å². The van der Waals surface area contributed by atoms with E-state index in [1.807, 2.05) is 24.3 Å². The molecule has 0 aliphatic carbocycles. The molecule has 7 nitrogen and oxygen atoms in total. The molecule has 30 heavy (non-hydrogen) atoms. The van der Waals surface area contributed by atoms with E-state index in [1.54, 1.807) is 25.1 Å². The van der Waals surface area contributed by atoms with Crippen molar-refractivity contribution >= 4 is 44.0 Å². The van der Waals surface area contributed by atoms with Crippen molar-refractivity contribution in [2.45, 2.75) is 18.7 Å². The number of hydrogen-bond donors (Lipinski definition) is 1. The maximum absolute atomic E-state index is 13.4. The van der Waals surface area contributed by atoms with Crippen LogP contribution in [0.2, 0.25) is 0 Å². The van der Waals surface area contributed by atoms with Gasteiger partial charge in [0.1, 0.15) is 6.54 Å².